The maximum atomic E-state index is 12.4. The number of rotatable bonds is 1. The highest BCUT2D eigenvalue weighted by Gasteiger charge is 2.27. The molecule has 0 aromatic carbocycles. The molecular weight excluding hydrogens is 264 g/mol. The smallest absolute Gasteiger partial charge is 0.264 e. The number of fused-ring (bicyclic) bond motifs is 1. The molecule has 0 radical (unpaired) electrons. The summed E-state index contributed by atoms with van der Waals surface area (Å²) in [5, 5.41) is 2.07. The summed E-state index contributed by atoms with van der Waals surface area (Å²) in [5.74, 6) is 0.561. The molecule has 96 valence electrons. The number of nitrogens with two attached hydrogens (primary N) is 1. The molecule has 5 heteroatoms. The molecule has 1 fully saturated rings. The Labute approximate surface area is 114 Å². The maximum absolute atomic E-state index is 12.4. The fourth-order valence-corrected chi connectivity index (χ4v) is 4.45. The average Bonchev–Trinajstić information content (AvgIpc) is 2.92. The van der Waals surface area contributed by atoms with Crippen molar-refractivity contribution in [1.82, 2.24) is 4.90 Å². The van der Waals surface area contributed by atoms with E-state index in [0.29, 0.717) is 5.92 Å². The average molecular weight is 280 g/mol. The Hall–Kier alpha value is -0.910. The number of piperidine rings is 1. The molecule has 2 unspecified atom stereocenters. The van der Waals surface area contributed by atoms with E-state index in [2.05, 4.69) is 18.4 Å². The van der Waals surface area contributed by atoms with Gasteiger partial charge < -0.3 is 10.6 Å². The molecule has 0 bridgehead atoms. The van der Waals surface area contributed by atoms with Crippen LogP contribution in [-0.2, 0) is 0 Å². The maximum Gasteiger partial charge on any atom is 0.264 e. The second-order valence-electron chi connectivity index (χ2n) is 4.94. The fourth-order valence-electron chi connectivity index (χ4n) is 2.38. The Bertz CT molecular complexity index is 546. The van der Waals surface area contributed by atoms with Gasteiger partial charge in [0.05, 0.1) is 4.88 Å². The molecule has 0 spiro atoms. The first-order valence-corrected chi connectivity index (χ1v) is 7.86. The zero-order valence-electron chi connectivity index (χ0n) is 10.3. The third-order valence-corrected chi connectivity index (χ3v) is 5.69. The molecule has 3 rings (SSSR count). The van der Waals surface area contributed by atoms with Gasteiger partial charge in [-0.05, 0) is 29.9 Å². The molecule has 2 atom stereocenters. The van der Waals surface area contributed by atoms with Crippen LogP contribution in [0, 0.1) is 5.92 Å². The summed E-state index contributed by atoms with van der Waals surface area (Å²) in [6.07, 6.45) is 0.909. The summed E-state index contributed by atoms with van der Waals surface area (Å²) in [7, 11) is 0. The number of carbonyl (C=O) groups excluding carboxylic acids is 1. The second-order valence-corrected chi connectivity index (χ2v) is 6.97. The van der Waals surface area contributed by atoms with E-state index in [9.17, 15) is 4.79 Å². The summed E-state index contributed by atoms with van der Waals surface area (Å²) in [6, 6.07) is 4.34. The molecule has 3 nitrogen and oxygen atoms in total. The van der Waals surface area contributed by atoms with Crippen LogP contribution < -0.4 is 5.73 Å². The van der Waals surface area contributed by atoms with Crippen LogP contribution in [0.3, 0.4) is 0 Å². The summed E-state index contributed by atoms with van der Waals surface area (Å²) in [6.45, 7) is 3.69. The minimum absolute atomic E-state index is 0.169. The SMILES string of the molecule is CC1CN(C(=O)c2cc3sccc3s2)CCC1N. The molecule has 18 heavy (non-hydrogen) atoms. The Balaban J connectivity index is 1.80. The molecule has 2 aromatic heterocycles. The quantitative estimate of drug-likeness (QED) is 0.873. The Kier molecular flexibility index (Phi) is 3.13. The largest absolute Gasteiger partial charge is 0.338 e. The van der Waals surface area contributed by atoms with Gasteiger partial charge in [-0.25, -0.2) is 0 Å². The summed E-state index contributed by atoms with van der Waals surface area (Å²) in [4.78, 5) is 15.2. The molecule has 0 saturated carbocycles. The lowest BCUT2D eigenvalue weighted by molar-refractivity contribution is 0.0669. The van der Waals surface area contributed by atoms with Crippen LogP contribution in [-0.4, -0.2) is 29.9 Å². The van der Waals surface area contributed by atoms with Gasteiger partial charge in [0, 0.05) is 28.5 Å². The van der Waals surface area contributed by atoms with Crippen LogP contribution in [0.25, 0.3) is 9.40 Å². The zero-order chi connectivity index (χ0) is 12.7. The lowest BCUT2D eigenvalue weighted by atomic mass is 9.95. The van der Waals surface area contributed by atoms with Crippen molar-refractivity contribution in [1.29, 1.82) is 0 Å². The Morgan fingerprint density at radius 2 is 2.33 bits per heavy atom. The van der Waals surface area contributed by atoms with Crippen LogP contribution in [0.5, 0.6) is 0 Å². The predicted molar refractivity (Wildman–Crippen MR) is 77.4 cm³/mol. The van der Waals surface area contributed by atoms with Crippen molar-refractivity contribution in [2.24, 2.45) is 11.7 Å². The van der Waals surface area contributed by atoms with E-state index in [1.54, 1.807) is 22.7 Å². The number of nitrogens with zero attached hydrogens (tertiary/aromatic N) is 1. The number of hydrogen-bond acceptors (Lipinski definition) is 4. The standard InChI is InChI=1S/C13H16N2OS2/c1-8-7-15(4-2-9(8)14)13(16)12-6-11-10(18-12)3-5-17-11/h3,5-6,8-9H,2,4,7,14H2,1H3. The van der Waals surface area contributed by atoms with Gasteiger partial charge in [0.15, 0.2) is 0 Å². The molecule has 0 aliphatic carbocycles. The van der Waals surface area contributed by atoms with Crippen molar-refractivity contribution >= 4 is 38.0 Å². The highest BCUT2D eigenvalue weighted by molar-refractivity contribution is 7.27. The Morgan fingerprint density at radius 3 is 3.06 bits per heavy atom. The summed E-state index contributed by atoms with van der Waals surface area (Å²) in [5.41, 5.74) is 5.99. The van der Waals surface area contributed by atoms with Gasteiger partial charge >= 0.3 is 0 Å². The van der Waals surface area contributed by atoms with Gasteiger partial charge in [0.2, 0.25) is 0 Å². The van der Waals surface area contributed by atoms with Gasteiger partial charge in [-0.2, -0.15) is 0 Å². The van der Waals surface area contributed by atoms with Gasteiger partial charge in [-0.3, -0.25) is 4.79 Å². The van der Waals surface area contributed by atoms with Crippen molar-refractivity contribution in [2.75, 3.05) is 13.1 Å². The number of carbonyl (C=O) groups is 1. The number of amides is 1. The number of thiophene rings is 2. The predicted octanol–water partition coefficient (Wildman–Crippen LogP) is 2.77. The third-order valence-electron chi connectivity index (χ3n) is 3.61. The van der Waals surface area contributed by atoms with Crippen molar-refractivity contribution < 1.29 is 4.79 Å². The first kappa shape index (κ1) is 12.1. The van der Waals surface area contributed by atoms with Crippen molar-refractivity contribution in [3.63, 3.8) is 0 Å². The monoisotopic (exact) mass is 280 g/mol. The van der Waals surface area contributed by atoms with Crippen LogP contribution >= 0.6 is 22.7 Å². The molecule has 1 aliphatic rings. The van der Waals surface area contributed by atoms with E-state index in [1.807, 2.05) is 11.0 Å². The molecule has 2 aromatic rings. The molecule has 1 amide bonds. The lowest BCUT2D eigenvalue weighted by Gasteiger charge is -2.34. The van der Waals surface area contributed by atoms with Crippen molar-refractivity contribution in [3.05, 3.63) is 22.4 Å². The summed E-state index contributed by atoms with van der Waals surface area (Å²) >= 11 is 3.29. The minimum Gasteiger partial charge on any atom is -0.338 e. The highest BCUT2D eigenvalue weighted by Crippen LogP contribution is 2.31. The third kappa shape index (κ3) is 2.06. The number of likely N-dealkylation sites (tertiary alicyclic amines) is 1. The van der Waals surface area contributed by atoms with E-state index in [-0.39, 0.29) is 11.9 Å². The zero-order valence-corrected chi connectivity index (χ0v) is 11.9. The molecular formula is C13H16N2OS2. The van der Waals surface area contributed by atoms with E-state index in [1.165, 1.54) is 9.40 Å². The lowest BCUT2D eigenvalue weighted by Crippen LogP contribution is -2.48. The van der Waals surface area contributed by atoms with E-state index in [0.717, 1.165) is 24.4 Å². The van der Waals surface area contributed by atoms with Gasteiger partial charge in [-0.1, -0.05) is 6.92 Å². The van der Waals surface area contributed by atoms with Gasteiger partial charge in [-0.15, -0.1) is 22.7 Å². The van der Waals surface area contributed by atoms with Gasteiger partial charge in [0.1, 0.15) is 0 Å². The van der Waals surface area contributed by atoms with Crippen molar-refractivity contribution in [2.45, 2.75) is 19.4 Å². The normalized spacial score (nSPS) is 24.7. The minimum atomic E-state index is 0.169. The molecule has 1 aliphatic heterocycles. The van der Waals surface area contributed by atoms with Gasteiger partial charge in [0.25, 0.3) is 5.91 Å². The molecule has 3 heterocycles. The Morgan fingerprint density at radius 1 is 1.50 bits per heavy atom. The van der Waals surface area contributed by atoms with Crippen LogP contribution in [0.15, 0.2) is 17.5 Å². The van der Waals surface area contributed by atoms with Crippen LogP contribution in [0.1, 0.15) is 23.0 Å². The second kappa shape index (κ2) is 4.64. The van der Waals surface area contributed by atoms with Crippen LogP contribution in [0.4, 0.5) is 0 Å². The fraction of sp³-hybridized carbons (Fsp3) is 0.462. The van der Waals surface area contributed by atoms with E-state index >= 15 is 0 Å². The van der Waals surface area contributed by atoms with Crippen molar-refractivity contribution in [3.8, 4) is 0 Å². The van der Waals surface area contributed by atoms with E-state index < -0.39 is 0 Å². The molecule has 1 saturated heterocycles. The highest BCUT2D eigenvalue weighted by atomic mass is 32.1. The molecule has 2 N–H and O–H groups in total. The van der Waals surface area contributed by atoms with Crippen LogP contribution in [0.2, 0.25) is 0 Å². The first-order chi connectivity index (χ1) is 8.65. The van der Waals surface area contributed by atoms with E-state index in [4.69, 9.17) is 5.73 Å². The summed E-state index contributed by atoms with van der Waals surface area (Å²) < 4.78 is 2.43. The number of hydrogen-bond donors (Lipinski definition) is 1. The topological polar surface area (TPSA) is 46.3 Å². The first-order valence-electron chi connectivity index (χ1n) is 6.17.